The molecule has 0 fully saturated rings. The predicted octanol–water partition coefficient (Wildman–Crippen LogP) is 3.50. The Balaban J connectivity index is 0.00000225. The molecule has 1 rings (SSSR count). The minimum absolute atomic E-state index is 0. The van der Waals surface area contributed by atoms with E-state index >= 15 is 0 Å². The molecule has 0 radical (unpaired) electrons. The van der Waals surface area contributed by atoms with Crippen LogP contribution in [0.25, 0.3) is 0 Å². The lowest BCUT2D eigenvalue weighted by Crippen LogP contribution is -2.41. The third-order valence-electron chi connectivity index (χ3n) is 2.50. The van der Waals surface area contributed by atoms with Crippen LogP contribution in [0.2, 0.25) is 0 Å². The first-order chi connectivity index (χ1) is 7.20. The van der Waals surface area contributed by atoms with E-state index in [9.17, 15) is 0 Å². The number of rotatable bonds is 6. The van der Waals surface area contributed by atoms with Gasteiger partial charge in [-0.1, -0.05) is 42.5 Å². The van der Waals surface area contributed by atoms with E-state index in [0.717, 1.165) is 19.3 Å². The van der Waals surface area contributed by atoms with E-state index in [1.807, 2.05) is 30.4 Å². The van der Waals surface area contributed by atoms with Crippen LogP contribution in [0.1, 0.15) is 18.4 Å². The second-order valence-electron chi connectivity index (χ2n) is 4.01. The zero-order chi connectivity index (χ0) is 11.1. The quantitative estimate of drug-likeness (QED) is 0.753. The maximum Gasteiger partial charge on any atom is 0.0264 e. The monoisotopic (exact) mass is 237 g/mol. The molecule has 0 aromatic heterocycles. The molecule has 0 atom stereocenters. The van der Waals surface area contributed by atoms with Crippen molar-refractivity contribution in [1.29, 1.82) is 0 Å². The summed E-state index contributed by atoms with van der Waals surface area (Å²) in [4.78, 5) is 0. The third kappa shape index (κ3) is 4.65. The fourth-order valence-corrected chi connectivity index (χ4v) is 1.80. The van der Waals surface area contributed by atoms with Gasteiger partial charge in [-0.2, -0.15) is 0 Å². The molecule has 1 aromatic carbocycles. The molecule has 0 spiro atoms. The summed E-state index contributed by atoms with van der Waals surface area (Å²) in [6.45, 7) is 7.51. The highest BCUT2D eigenvalue weighted by Crippen LogP contribution is 2.19. The van der Waals surface area contributed by atoms with Gasteiger partial charge >= 0.3 is 0 Å². The van der Waals surface area contributed by atoms with Gasteiger partial charge in [0.25, 0.3) is 0 Å². The summed E-state index contributed by atoms with van der Waals surface area (Å²) < 4.78 is 0. The second kappa shape index (κ2) is 7.26. The van der Waals surface area contributed by atoms with Crippen molar-refractivity contribution in [2.24, 2.45) is 5.73 Å². The molecule has 0 aliphatic carbocycles. The highest BCUT2D eigenvalue weighted by Gasteiger charge is 2.21. The average Bonchev–Trinajstić information content (AvgIpc) is 2.19. The van der Waals surface area contributed by atoms with E-state index in [-0.39, 0.29) is 17.9 Å². The van der Waals surface area contributed by atoms with Crippen LogP contribution < -0.4 is 5.73 Å². The number of hydrogen-bond donors (Lipinski definition) is 1. The molecule has 88 valence electrons. The van der Waals surface area contributed by atoms with Crippen LogP contribution in [0.3, 0.4) is 0 Å². The first-order valence-electron chi connectivity index (χ1n) is 5.25. The van der Waals surface area contributed by atoms with Gasteiger partial charge in [-0.15, -0.1) is 25.6 Å². The Morgan fingerprint density at radius 3 is 2.00 bits per heavy atom. The van der Waals surface area contributed by atoms with E-state index < -0.39 is 0 Å². The summed E-state index contributed by atoms with van der Waals surface area (Å²) in [5.41, 5.74) is 7.34. The molecule has 0 saturated carbocycles. The Labute approximate surface area is 104 Å². The van der Waals surface area contributed by atoms with Crippen LogP contribution in [0, 0.1) is 0 Å². The summed E-state index contributed by atoms with van der Waals surface area (Å²) in [5, 5.41) is 0. The molecule has 0 saturated heterocycles. The third-order valence-corrected chi connectivity index (χ3v) is 2.50. The fraction of sp³-hybridized carbons (Fsp3) is 0.286. The Bertz CT molecular complexity index is 309. The van der Waals surface area contributed by atoms with E-state index in [0.29, 0.717) is 0 Å². The first-order valence-corrected chi connectivity index (χ1v) is 5.25. The van der Waals surface area contributed by atoms with Crippen molar-refractivity contribution in [2.75, 3.05) is 0 Å². The molecule has 0 bridgehead atoms. The lowest BCUT2D eigenvalue weighted by molar-refractivity contribution is 0.432. The normalized spacial score (nSPS) is 10.3. The average molecular weight is 238 g/mol. The summed E-state index contributed by atoms with van der Waals surface area (Å²) >= 11 is 0. The summed E-state index contributed by atoms with van der Waals surface area (Å²) in [5.74, 6) is 0. The van der Waals surface area contributed by atoms with Crippen molar-refractivity contribution >= 4 is 12.4 Å². The van der Waals surface area contributed by atoms with Gasteiger partial charge in [0, 0.05) is 5.54 Å². The number of nitrogens with two attached hydrogens (primary N) is 1. The molecule has 2 N–H and O–H groups in total. The molecular formula is C14H20ClN. The predicted molar refractivity (Wildman–Crippen MR) is 73.9 cm³/mol. The molecule has 0 heterocycles. The lowest BCUT2D eigenvalue weighted by atomic mass is 9.85. The molecular weight excluding hydrogens is 218 g/mol. The summed E-state index contributed by atoms with van der Waals surface area (Å²) in [6.07, 6.45) is 6.26. The number of halogens is 1. The van der Waals surface area contributed by atoms with E-state index in [2.05, 4.69) is 25.3 Å². The molecule has 0 aliphatic rings. The zero-order valence-corrected chi connectivity index (χ0v) is 10.4. The minimum Gasteiger partial charge on any atom is -0.324 e. The molecule has 2 heteroatoms. The van der Waals surface area contributed by atoms with Gasteiger partial charge in [0.15, 0.2) is 0 Å². The fourth-order valence-electron chi connectivity index (χ4n) is 1.80. The van der Waals surface area contributed by atoms with Gasteiger partial charge in [-0.25, -0.2) is 0 Å². The Hall–Kier alpha value is -1.05. The van der Waals surface area contributed by atoms with E-state index in [4.69, 9.17) is 5.73 Å². The van der Waals surface area contributed by atoms with Crippen LogP contribution in [-0.2, 0) is 6.42 Å². The molecule has 1 nitrogen and oxygen atoms in total. The van der Waals surface area contributed by atoms with Crippen molar-refractivity contribution in [1.82, 2.24) is 0 Å². The molecule has 16 heavy (non-hydrogen) atoms. The largest absolute Gasteiger partial charge is 0.324 e. The number of hydrogen-bond acceptors (Lipinski definition) is 1. The van der Waals surface area contributed by atoms with Crippen LogP contribution in [0.4, 0.5) is 0 Å². The Morgan fingerprint density at radius 1 is 1.06 bits per heavy atom. The standard InChI is InChI=1S/C14H19N.ClH/c1-3-10-14(15,11-4-2)12-13-8-6-5-7-9-13;/h3-9H,1-2,10-12,15H2;1H. The number of benzene rings is 1. The van der Waals surface area contributed by atoms with E-state index in [1.165, 1.54) is 5.56 Å². The van der Waals surface area contributed by atoms with Gasteiger partial charge in [0.1, 0.15) is 0 Å². The minimum atomic E-state index is -0.231. The van der Waals surface area contributed by atoms with Gasteiger partial charge in [-0.05, 0) is 24.8 Å². The molecule has 0 amide bonds. The van der Waals surface area contributed by atoms with Gasteiger partial charge in [0.05, 0.1) is 0 Å². The van der Waals surface area contributed by atoms with Crippen molar-refractivity contribution in [3.05, 3.63) is 61.2 Å². The second-order valence-corrected chi connectivity index (χ2v) is 4.01. The molecule has 0 aliphatic heterocycles. The lowest BCUT2D eigenvalue weighted by Gasteiger charge is -2.27. The maximum absolute atomic E-state index is 6.31. The van der Waals surface area contributed by atoms with Crippen LogP contribution >= 0.6 is 12.4 Å². The smallest absolute Gasteiger partial charge is 0.0264 e. The van der Waals surface area contributed by atoms with Gasteiger partial charge in [0.2, 0.25) is 0 Å². The maximum atomic E-state index is 6.31. The van der Waals surface area contributed by atoms with E-state index in [1.54, 1.807) is 0 Å². The summed E-state index contributed by atoms with van der Waals surface area (Å²) in [6, 6.07) is 10.3. The summed E-state index contributed by atoms with van der Waals surface area (Å²) in [7, 11) is 0. The van der Waals surface area contributed by atoms with Crippen LogP contribution in [-0.4, -0.2) is 5.54 Å². The zero-order valence-electron chi connectivity index (χ0n) is 9.56. The van der Waals surface area contributed by atoms with Gasteiger partial charge < -0.3 is 5.73 Å². The van der Waals surface area contributed by atoms with Gasteiger partial charge in [-0.3, -0.25) is 0 Å². The Morgan fingerprint density at radius 2 is 1.56 bits per heavy atom. The van der Waals surface area contributed by atoms with Crippen molar-refractivity contribution in [3.63, 3.8) is 0 Å². The molecule has 0 unspecified atom stereocenters. The SMILES string of the molecule is C=CCC(N)(CC=C)Cc1ccccc1.Cl. The highest BCUT2D eigenvalue weighted by molar-refractivity contribution is 5.85. The first kappa shape index (κ1) is 14.9. The van der Waals surface area contributed by atoms with Crippen molar-refractivity contribution in [2.45, 2.75) is 24.8 Å². The topological polar surface area (TPSA) is 26.0 Å². The van der Waals surface area contributed by atoms with Crippen molar-refractivity contribution < 1.29 is 0 Å². The Kier molecular flexibility index (Phi) is 6.78. The van der Waals surface area contributed by atoms with Crippen molar-refractivity contribution in [3.8, 4) is 0 Å². The highest BCUT2D eigenvalue weighted by atomic mass is 35.5. The molecule has 1 aromatic rings. The van der Waals surface area contributed by atoms with Crippen LogP contribution in [0.5, 0.6) is 0 Å². The van der Waals surface area contributed by atoms with Crippen LogP contribution in [0.15, 0.2) is 55.6 Å².